The van der Waals surface area contributed by atoms with Crippen LogP contribution in [-0.2, 0) is 0 Å². The fourth-order valence-corrected chi connectivity index (χ4v) is 4.04. The van der Waals surface area contributed by atoms with E-state index in [9.17, 15) is 0 Å². The third-order valence-corrected chi connectivity index (χ3v) is 5.44. The van der Waals surface area contributed by atoms with Crippen LogP contribution >= 0.6 is 0 Å². The SMILES string of the molecule is C1CCC2CC2C1.C1CCC2CCC2C1. The first-order valence-corrected chi connectivity index (χ1v) is 7.43. The minimum atomic E-state index is 1.18. The Bertz CT molecular complexity index is 186. The van der Waals surface area contributed by atoms with Crippen LogP contribution in [0.3, 0.4) is 0 Å². The molecule has 0 heteroatoms. The summed E-state index contributed by atoms with van der Waals surface area (Å²) in [6.07, 6.45) is 17.1. The fraction of sp³-hybridized carbons (Fsp3) is 1.00. The van der Waals surface area contributed by atoms with Gasteiger partial charge in [0.1, 0.15) is 0 Å². The van der Waals surface area contributed by atoms with E-state index in [4.69, 9.17) is 0 Å². The van der Waals surface area contributed by atoms with Crippen molar-refractivity contribution in [2.75, 3.05) is 0 Å². The maximum Gasteiger partial charge on any atom is -0.0383 e. The van der Waals surface area contributed by atoms with Gasteiger partial charge in [-0.2, -0.15) is 0 Å². The summed E-state index contributed by atoms with van der Waals surface area (Å²) in [7, 11) is 0. The van der Waals surface area contributed by atoms with Crippen LogP contribution in [0.2, 0.25) is 0 Å². The summed E-state index contributed by atoms with van der Waals surface area (Å²) in [6, 6.07) is 0. The van der Waals surface area contributed by atoms with Gasteiger partial charge in [-0.15, -0.1) is 0 Å². The van der Waals surface area contributed by atoms with Gasteiger partial charge in [0.2, 0.25) is 0 Å². The van der Waals surface area contributed by atoms with Crippen LogP contribution < -0.4 is 0 Å². The topological polar surface area (TPSA) is 0 Å². The largest absolute Gasteiger partial charge is 0.0530 e. The molecule has 0 aromatic carbocycles. The Balaban J connectivity index is 0.0000000971. The molecule has 4 rings (SSSR count). The first-order valence-electron chi connectivity index (χ1n) is 7.43. The maximum atomic E-state index is 1.58. The number of fused-ring (bicyclic) bond motifs is 2. The van der Waals surface area contributed by atoms with Crippen molar-refractivity contribution in [3.05, 3.63) is 0 Å². The molecule has 86 valence electrons. The fourth-order valence-electron chi connectivity index (χ4n) is 4.04. The lowest BCUT2D eigenvalue weighted by molar-refractivity contribution is 0.115. The molecule has 0 saturated heterocycles. The molecule has 4 saturated carbocycles. The minimum absolute atomic E-state index is 1.18. The van der Waals surface area contributed by atoms with Crippen molar-refractivity contribution in [2.45, 2.75) is 70.6 Å². The molecule has 4 aliphatic carbocycles. The van der Waals surface area contributed by atoms with Crippen LogP contribution in [0, 0.1) is 23.7 Å². The minimum Gasteiger partial charge on any atom is -0.0530 e. The predicted octanol–water partition coefficient (Wildman–Crippen LogP) is 4.78. The van der Waals surface area contributed by atoms with Crippen LogP contribution in [0.25, 0.3) is 0 Å². The Morgan fingerprint density at radius 1 is 0.400 bits per heavy atom. The molecule has 0 amide bonds. The Labute approximate surface area is 94.8 Å². The average molecular weight is 206 g/mol. The standard InChI is InChI=1S/C8H14.C7H12/c1-2-4-8-6-5-7(8)3-1;1-2-4-7-5-6(7)3-1/h7-8H,1-6H2;6-7H,1-5H2. The van der Waals surface area contributed by atoms with Crippen LogP contribution in [-0.4, -0.2) is 0 Å². The summed E-state index contributed by atoms with van der Waals surface area (Å²) in [5.74, 6) is 4.77. The van der Waals surface area contributed by atoms with Gasteiger partial charge in [-0.3, -0.25) is 0 Å². The zero-order chi connectivity index (χ0) is 10.1. The molecule has 0 spiro atoms. The zero-order valence-electron chi connectivity index (χ0n) is 10.1. The molecular weight excluding hydrogens is 180 g/mol. The van der Waals surface area contributed by atoms with E-state index in [2.05, 4.69) is 0 Å². The number of hydrogen-bond acceptors (Lipinski definition) is 0. The average Bonchev–Trinajstić information content (AvgIpc) is 3.00. The molecule has 0 N–H and O–H groups in total. The van der Waals surface area contributed by atoms with Gasteiger partial charge in [0.15, 0.2) is 0 Å². The van der Waals surface area contributed by atoms with E-state index in [-0.39, 0.29) is 0 Å². The van der Waals surface area contributed by atoms with Gasteiger partial charge in [-0.25, -0.2) is 0 Å². The molecule has 0 heterocycles. The van der Waals surface area contributed by atoms with Gasteiger partial charge >= 0.3 is 0 Å². The van der Waals surface area contributed by atoms with Crippen LogP contribution in [0.4, 0.5) is 0 Å². The van der Waals surface area contributed by atoms with Crippen LogP contribution in [0.5, 0.6) is 0 Å². The third-order valence-electron chi connectivity index (χ3n) is 5.44. The summed E-state index contributed by atoms with van der Waals surface area (Å²) in [6.45, 7) is 0. The van der Waals surface area contributed by atoms with Gasteiger partial charge in [0.25, 0.3) is 0 Å². The van der Waals surface area contributed by atoms with E-state index >= 15 is 0 Å². The highest BCUT2D eigenvalue weighted by atomic mass is 14.4. The summed E-state index contributed by atoms with van der Waals surface area (Å²) in [4.78, 5) is 0. The maximum absolute atomic E-state index is 1.58. The van der Waals surface area contributed by atoms with Crippen molar-refractivity contribution in [3.8, 4) is 0 Å². The Hall–Kier alpha value is 0. The second kappa shape index (κ2) is 4.47. The highest BCUT2D eigenvalue weighted by Gasteiger charge is 2.37. The van der Waals surface area contributed by atoms with Gasteiger partial charge in [0.05, 0.1) is 0 Å². The van der Waals surface area contributed by atoms with E-state index in [0.717, 1.165) is 0 Å². The van der Waals surface area contributed by atoms with E-state index in [1.807, 2.05) is 0 Å². The highest BCUT2D eigenvalue weighted by Crippen LogP contribution is 2.49. The smallest absolute Gasteiger partial charge is 0.0383 e. The normalized spacial score (nSPS) is 46.4. The third kappa shape index (κ3) is 2.40. The lowest BCUT2D eigenvalue weighted by Crippen LogP contribution is -2.28. The van der Waals surface area contributed by atoms with Crippen LogP contribution in [0.15, 0.2) is 0 Å². The molecule has 15 heavy (non-hydrogen) atoms. The van der Waals surface area contributed by atoms with Gasteiger partial charge in [0, 0.05) is 0 Å². The van der Waals surface area contributed by atoms with Crippen molar-refractivity contribution >= 4 is 0 Å². The summed E-state index contributed by atoms with van der Waals surface area (Å²) >= 11 is 0. The van der Waals surface area contributed by atoms with Gasteiger partial charge in [-0.05, 0) is 42.9 Å². The van der Waals surface area contributed by atoms with E-state index in [1.165, 1.54) is 49.4 Å². The van der Waals surface area contributed by atoms with Crippen LogP contribution in [0.1, 0.15) is 70.6 Å². The molecular formula is C15H26. The quantitative estimate of drug-likeness (QED) is 0.535. The summed E-state index contributed by atoms with van der Waals surface area (Å²) in [5.41, 5.74) is 0. The van der Waals surface area contributed by atoms with Gasteiger partial charge in [-0.1, -0.05) is 51.4 Å². The summed E-state index contributed by atoms with van der Waals surface area (Å²) < 4.78 is 0. The van der Waals surface area contributed by atoms with E-state index < -0.39 is 0 Å². The molecule has 4 aliphatic rings. The molecule has 0 bridgehead atoms. The molecule has 0 aliphatic heterocycles. The van der Waals surface area contributed by atoms with Crippen molar-refractivity contribution in [2.24, 2.45) is 23.7 Å². The molecule has 4 atom stereocenters. The van der Waals surface area contributed by atoms with E-state index in [1.54, 1.807) is 44.9 Å². The van der Waals surface area contributed by atoms with Crippen molar-refractivity contribution in [1.82, 2.24) is 0 Å². The first kappa shape index (κ1) is 10.2. The van der Waals surface area contributed by atoms with Crippen molar-refractivity contribution in [3.63, 3.8) is 0 Å². The number of rotatable bonds is 0. The molecule has 4 unspecified atom stereocenters. The molecule has 0 nitrogen and oxygen atoms in total. The second-order valence-corrected chi connectivity index (χ2v) is 6.42. The second-order valence-electron chi connectivity index (χ2n) is 6.42. The van der Waals surface area contributed by atoms with Crippen molar-refractivity contribution < 1.29 is 0 Å². The lowest BCUT2D eigenvalue weighted by atomic mass is 9.66. The Kier molecular flexibility index (Phi) is 3.03. The van der Waals surface area contributed by atoms with Gasteiger partial charge < -0.3 is 0 Å². The summed E-state index contributed by atoms with van der Waals surface area (Å²) in [5, 5.41) is 0. The number of hydrogen-bond donors (Lipinski definition) is 0. The predicted molar refractivity (Wildman–Crippen MR) is 64.7 cm³/mol. The molecule has 4 fully saturated rings. The molecule has 0 aromatic heterocycles. The van der Waals surface area contributed by atoms with Crippen molar-refractivity contribution in [1.29, 1.82) is 0 Å². The molecule has 0 radical (unpaired) electrons. The molecule has 0 aromatic rings. The monoisotopic (exact) mass is 206 g/mol. The first-order chi connectivity index (χ1) is 7.43. The highest BCUT2D eigenvalue weighted by molar-refractivity contribution is 4.88. The zero-order valence-corrected chi connectivity index (χ0v) is 10.1. The lowest BCUT2D eigenvalue weighted by Gasteiger charge is -2.40. The van der Waals surface area contributed by atoms with E-state index in [0.29, 0.717) is 0 Å². The Morgan fingerprint density at radius 2 is 0.800 bits per heavy atom. The Morgan fingerprint density at radius 3 is 1.07 bits per heavy atom.